The predicted octanol–water partition coefficient (Wildman–Crippen LogP) is 5.81. The van der Waals surface area contributed by atoms with Gasteiger partial charge in [-0.05, 0) is 64.6 Å². The quantitative estimate of drug-likeness (QED) is 0.468. The normalized spacial score (nSPS) is 12.2. The van der Waals surface area contributed by atoms with Crippen LogP contribution in [0.2, 0.25) is 0 Å². The van der Waals surface area contributed by atoms with Crippen molar-refractivity contribution in [3.8, 4) is 5.75 Å². The molecular formula is C22H18OS. The Bertz CT molecular complexity index is 910. The molecule has 118 valence electrons. The molecule has 0 spiro atoms. The zero-order valence-electron chi connectivity index (χ0n) is 13.6. The van der Waals surface area contributed by atoms with Gasteiger partial charge >= 0.3 is 0 Å². The Morgan fingerprint density at radius 2 is 1.58 bits per heavy atom. The SMILES string of the molecule is C=C(c1ccc(OC)cc1)c1ccc2c(c1)Cc1ccccc1S2. The molecule has 24 heavy (non-hydrogen) atoms. The first-order valence-electron chi connectivity index (χ1n) is 7.97. The van der Waals surface area contributed by atoms with Crippen molar-refractivity contribution in [3.63, 3.8) is 0 Å². The van der Waals surface area contributed by atoms with Crippen LogP contribution in [0, 0.1) is 0 Å². The molecule has 4 rings (SSSR count). The predicted molar refractivity (Wildman–Crippen MR) is 101 cm³/mol. The molecule has 0 amide bonds. The first-order valence-corrected chi connectivity index (χ1v) is 8.78. The van der Waals surface area contributed by atoms with Crippen LogP contribution in [0.5, 0.6) is 5.75 Å². The molecule has 1 aliphatic rings. The third-order valence-electron chi connectivity index (χ3n) is 4.42. The first-order chi connectivity index (χ1) is 11.7. The molecule has 3 aromatic rings. The van der Waals surface area contributed by atoms with Gasteiger partial charge in [0.2, 0.25) is 0 Å². The molecule has 0 unspecified atom stereocenters. The van der Waals surface area contributed by atoms with Crippen molar-refractivity contribution in [2.24, 2.45) is 0 Å². The third kappa shape index (κ3) is 2.74. The molecule has 1 aliphatic heterocycles. The molecule has 0 aromatic heterocycles. The second kappa shape index (κ2) is 6.21. The van der Waals surface area contributed by atoms with E-state index >= 15 is 0 Å². The highest BCUT2D eigenvalue weighted by molar-refractivity contribution is 7.99. The molecule has 0 N–H and O–H groups in total. The van der Waals surface area contributed by atoms with E-state index in [9.17, 15) is 0 Å². The highest BCUT2D eigenvalue weighted by Crippen LogP contribution is 2.40. The Balaban J connectivity index is 1.65. The summed E-state index contributed by atoms with van der Waals surface area (Å²) in [4.78, 5) is 2.71. The summed E-state index contributed by atoms with van der Waals surface area (Å²) in [6.45, 7) is 4.30. The lowest BCUT2D eigenvalue weighted by Crippen LogP contribution is -2.00. The minimum Gasteiger partial charge on any atom is -0.497 e. The summed E-state index contributed by atoms with van der Waals surface area (Å²) in [5.41, 5.74) is 6.14. The molecule has 1 nitrogen and oxygen atoms in total. The van der Waals surface area contributed by atoms with Crippen molar-refractivity contribution in [3.05, 3.63) is 95.6 Å². The van der Waals surface area contributed by atoms with Gasteiger partial charge in [0.25, 0.3) is 0 Å². The third-order valence-corrected chi connectivity index (χ3v) is 5.66. The van der Waals surface area contributed by atoms with E-state index in [0.29, 0.717) is 0 Å². The summed E-state index contributed by atoms with van der Waals surface area (Å²) >= 11 is 1.86. The summed E-state index contributed by atoms with van der Waals surface area (Å²) in [5, 5.41) is 0. The molecule has 3 aromatic carbocycles. The second-order valence-electron chi connectivity index (χ2n) is 5.92. The number of hydrogen-bond acceptors (Lipinski definition) is 2. The van der Waals surface area contributed by atoms with Crippen molar-refractivity contribution in [1.29, 1.82) is 0 Å². The van der Waals surface area contributed by atoms with Crippen molar-refractivity contribution in [1.82, 2.24) is 0 Å². The fourth-order valence-electron chi connectivity index (χ4n) is 3.04. The highest BCUT2D eigenvalue weighted by atomic mass is 32.2. The molecule has 0 fully saturated rings. The van der Waals surface area contributed by atoms with E-state index in [4.69, 9.17) is 4.74 Å². The largest absolute Gasteiger partial charge is 0.497 e. The zero-order valence-corrected chi connectivity index (χ0v) is 14.4. The van der Waals surface area contributed by atoms with Gasteiger partial charge in [-0.1, -0.05) is 54.7 Å². The van der Waals surface area contributed by atoms with Crippen LogP contribution in [-0.4, -0.2) is 7.11 Å². The Kier molecular flexibility index (Phi) is 3.91. The van der Waals surface area contributed by atoms with Gasteiger partial charge in [-0.15, -0.1) is 0 Å². The average molecular weight is 330 g/mol. The Morgan fingerprint density at radius 3 is 2.38 bits per heavy atom. The van der Waals surface area contributed by atoms with Crippen molar-refractivity contribution >= 4 is 17.3 Å². The molecule has 1 heterocycles. The van der Waals surface area contributed by atoms with Gasteiger partial charge in [0.1, 0.15) is 5.75 Å². The Hall–Kier alpha value is -2.45. The van der Waals surface area contributed by atoms with E-state index in [0.717, 1.165) is 23.3 Å². The lowest BCUT2D eigenvalue weighted by atomic mass is 9.95. The van der Waals surface area contributed by atoms with Gasteiger partial charge < -0.3 is 4.74 Å². The molecule has 0 aliphatic carbocycles. The van der Waals surface area contributed by atoms with Crippen LogP contribution in [-0.2, 0) is 6.42 Å². The minimum absolute atomic E-state index is 0.866. The number of benzene rings is 3. The molecule has 0 saturated heterocycles. The maximum absolute atomic E-state index is 5.23. The van der Waals surface area contributed by atoms with Gasteiger partial charge in [-0.25, -0.2) is 0 Å². The van der Waals surface area contributed by atoms with Crippen molar-refractivity contribution in [2.45, 2.75) is 16.2 Å². The van der Waals surface area contributed by atoms with Crippen LogP contribution in [0.1, 0.15) is 22.3 Å². The average Bonchev–Trinajstić information content (AvgIpc) is 2.65. The van der Waals surface area contributed by atoms with Gasteiger partial charge in [-0.3, -0.25) is 0 Å². The lowest BCUT2D eigenvalue weighted by molar-refractivity contribution is 0.415. The fourth-order valence-corrected chi connectivity index (χ4v) is 4.09. The van der Waals surface area contributed by atoms with E-state index in [1.165, 1.54) is 26.5 Å². The zero-order chi connectivity index (χ0) is 16.5. The monoisotopic (exact) mass is 330 g/mol. The molecule has 0 saturated carbocycles. The lowest BCUT2D eigenvalue weighted by Gasteiger charge is -2.20. The molecule has 0 atom stereocenters. The van der Waals surface area contributed by atoms with Crippen LogP contribution < -0.4 is 4.74 Å². The Morgan fingerprint density at radius 1 is 0.875 bits per heavy atom. The number of methoxy groups -OCH3 is 1. The van der Waals surface area contributed by atoms with E-state index in [1.54, 1.807) is 7.11 Å². The van der Waals surface area contributed by atoms with Crippen LogP contribution >= 0.6 is 11.8 Å². The number of fused-ring (bicyclic) bond motifs is 2. The van der Waals surface area contributed by atoms with E-state index in [2.05, 4.69) is 61.2 Å². The number of rotatable bonds is 3. The summed E-state index contributed by atoms with van der Waals surface area (Å²) in [5.74, 6) is 0.866. The summed E-state index contributed by atoms with van der Waals surface area (Å²) in [7, 11) is 1.68. The maximum Gasteiger partial charge on any atom is 0.118 e. The summed E-state index contributed by atoms with van der Waals surface area (Å²) in [6, 6.07) is 23.4. The summed E-state index contributed by atoms with van der Waals surface area (Å²) in [6.07, 6.45) is 0.988. The van der Waals surface area contributed by atoms with Crippen molar-refractivity contribution < 1.29 is 4.74 Å². The van der Waals surface area contributed by atoms with E-state index in [1.807, 2.05) is 23.9 Å². The van der Waals surface area contributed by atoms with Gasteiger partial charge in [0.15, 0.2) is 0 Å². The molecular weight excluding hydrogens is 312 g/mol. The van der Waals surface area contributed by atoms with Crippen LogP contribution in [0.15, 0.2) is 83.1 Å². The standard InChI is InChI=1S/C22H18OS/c1-15(16-7-10-20(23-2)11-8-16)17-9-12-22-19(13-17)14-18-5-3-4-6-21(18)24-22/h3-13H,1,14H2,2H3. The fraction of sp³-hybridized carbons (Fsp3) is 0.0909. The van der Waals surface area contributed by atoms with Gasteiger partial charge in [0, 0.05) is 9.79 Å². The van der Waals surface area contributed by atoms with Crippen LogP contribution in [0.4, 0.5) is 0 Å². The van der Waals surface area contributed by atoms with Gasteiger partial charge in [-0.2, -0.15) is 0 Å². The molecule has 0 bridgehead atoms. The second-order valence-corrected chi connectivity index (χ2v) is 7.00. The van der Waals surface area contributed by atoms with Crippen LogP contribution in [0.3, 0.4) is 0 Å². The molecule has 0 radical (unpaired) electrons. The highest BCUT2D eigenvalue weighted by Gasteiger charge is 2.16. The number of ether oxygens (including phenoxy) is 1. The van der Waals surface area contributed by atoms with Crippen LogP contribution in [0.25, 0.3) is 5.57 Å². The minimum atomic E-state index is 0.866. The molecule has 2 heteroatoms. The first kappa shape index (κ1) is 15.1. The number of hydrogen-bond donors (Lipinski definition) is 0. The van der Waals surface area contributed by atoms with E-state index in [-0.39, 0.29) is 0 Å². The van der Waals surface area contributed by atoms with E-state index < -0.39 is 0 Å². The maximum atomic E-state index is 5.23. The van der Waals surface area contributed by atoms with Gasteiger partial charge in [0.05, 0.1) is 7.11 Å². The summed E-state index contributed by atoms with van der Waals surface area (Å²) < 4.78 is 5.23. The van der Waals surface area contributed by atoms with Crippen molar-refractivity contribution in [2.75, 3.05) is 7.11 Å². The topological polar surface area (TPSA) is 9.23 Å². The smallest absolute Gasteiger partial charge is 0.118 e. The Labute approximate surface area is 147 Å².